The molecule has 0 bridgehead atoms. The van der Waals surface area contributed by atoms with Crippen LogP contribution < -0.4 is 10.6 Å². The lowest BCUT2D eigenvalue weighted by Gasteiger charge is -2.11. The van der Waals surface area contributed by atoms with E-state index in [0.717, 1.165) is 42.6 Å². The summed E-state index contributed by atoms with van der Waals surface area (Å²) >= 11 is 0. The highest BCUT2D eigenvalue weighted by Gasteiger charge is 2.04. The van der Waals surface area contributed by atoms with Gasteiger partial charge in [0, 0.05) is 18.7 Å². The average Bonchev–Trinajstić information content (AvgIpc) is 2.84. The fourth-order valence-electron chi connectivity index (χ4n) is 2.32. The minimum atomic E-state index is 0. The zero-order chi connectivity index (χ0) is 15.8. The minimum absolute atomic E-state index is 0. The van der Waals surface area contributed by atoms with Crippen molar-refractivity contribution in [1.82, 2.24) is 10.6 Å². The van der Waals surface area contributed by atoms with E-state index in [2.05, 4.69) is 46.8 Å². The molecule has 5 heteroatoms. The number of nitrogens with one attached hydrogen (secondary N) is 2. The van der Waals surface area contributed by atoms with Crippen molar-refractivity contribution in [1.29, 1.82) is 0 Å². The number of rotatable bonds is 6. The number of nitrogens with zero attached hydrogens (tertiary/aromatic N) is 1. The standard InChI is InChI=1S/C18H25N3O.HI/c1-4-19-18(20-11-10-16-8-6-5-7-9-16)21-13-17-12-14(2)22-15(17)3;/h5-9,12H,4,10-11,13H2,1-3H3,(H2,19,20,21);1H. The van der Waals surface area contributed by atoms with E-state index < -0.39 is 0 Å². The van der Waals surface area contributed by atoms with Gasteiger partial charge in [0.2, 0.25) is 0 Å². The smallest absolute Gasteiger partial charge is 0.191 e. The zero-order valence-corrected chi connectivity index (χ0v) is 16.4. The Morgan fingerprint density at radius 3 is 2.48 bits per heavy atom. The first-order chi connectivity index (χ1) is 10.7. The molecule has 1 aromatic carbocycles. The van der Waals surface area contributed by atoms with Crippen molar-refractivity contribution in [2.24, 2.45) is 4.99 Å². The molecule has 4 nitrogen and oxygen atoms in total. The van der Waals surface area contributed by atoms with Crippen LogP contribution in [0.1, 0.15) is 29.6 Å². The molecule has 0 unspecified atom stereocenters. The van der Waals surface area contributed by atoms with Crippen molar-refractivity contribution >= 4 is 29.9 Å². The Morgan fingerprint density at radius 1 is 1.13 bits per heavy atom. The molecule has 1 heterocycles. The van der Waals surface area contributed by atoms with Gasteiger partial charge in [0.05, 0.1) is 6.54 Å². The van der Waals surface area contributed by atoms with Gasteiger partial charge in [0.15, 0.2) is 5.96 Å². The van der Waals surface area contributed by atoms with Crippen molar-refractivity contribution in [3.05, 3.63) is 59.0 Å². The van der Waals surface area contributed by atoms with Crippen LogP contribution in [0.3, 0.4) is 0 Å². The van der Waals surface area contributed by atoms with Crippen molar-refractivity contribution in [3.63, 3.8) is 0 Å². The fourth-order valence-corrected chi connectivity index (χ4v) is 2.32. The lowest BCUT2D eigenvalue weighted by molar-refractivity contribution is 0.501. The summed E-state index contributed by atoms with van der Waals surface area (Å²) in [5.74, 6) is 2.72. The number of aliphatic imine (C=N–C) groups is 1. The van der Waals surface area contributed by atoms with Gasteiger partial charge in [-0.3, -0.25) is 0 Å². The van der Waals surface area contributed by atoms with Gasteiger partial charge in [-0.2, -0.15) is 0 Å². The predicted molar refractivity (Wildman–Crippen MR) is 107 cm³/mol. The minimum Gasteiger partial charge on any atom is -0.466 e. The lowest BCUT2D eigenvalue weighted by Crippen LogP contribution is -2.38. The zero-order valence-electron chi connectivity index (χ0n) is 14.1. The number of hydrogen-bond donors (Lipinski definition) is 2. The first-order valence-electron chi connectivity index (χ1n) is 7.81. The van der Waals surface area contributed by atoms with Crippen molar-refractivity contribution in [2.75, 3.05) is 13.1 Å². The lowest BCUT2D eigenvalue weighted by atomic mass is 10.1. The molecule has 0 radical (unpaired) electrons. The molecule has 0 aliphatic rings. The average molecular weight is 427 g/mol. The molecule has 2 N–H and O–H groups in total. The van der Waals surface area contributed by atoms with Gasteiger partial charge in [-0.15, -0.1) is 24.0 Å². The topological polar surface area (TPSA) is 49.6 Å². The maximum Gasteiger partial charge on any atom is 0.191 e. The summed E-state index contributed by atoms with van der Waals surface area (Å²) in [5, 5.41) is 6.65. The SMILES string of the molecule is CCNC(=NCc1cc(C)oc1C)NCCc1ccccc1.I. The molecule has 0 amide bonds. The van der Waals surface area contributed by atoms with E-state index in [-0.39, 0.29) is 24.0 Å². The number of aryl methyl sites for hydroxylation is 2. The highest BCUT2D eigenvalue weighted by molar-refractivity contribution is 14.0. The van der Waals surface area contributed by atoms with E-state index in [0.29, 0.717) is 6.54 Å². The summed E-state index contributed by atoms with van der Waals surface area (Å²) in [7, 11) is 0. The van der Waals surface area contributed by atoms with Crippen LogP contribution in [0.25, 0.3) is 0 Å². The Balaban J connectivity index is 0.00000264. The molecule has 1 aromatic heterocycles. The van der Waals surface area contributed by atoms with Gasteiger partial charge in [-0.05, 0) is 38.8 Å². The number of hydrogen-bond acceptors (Lipinski definition) is 2. The predicted octanol–water partition coefficient (Wildman–Crippen LogP) is 3.81. The Labute approximate surface area is 155 Å². The first kappa shape index (κ1) is 19.5. The van der Waals surface area contributed by atoms with E-state index in [1.807, 2.05) is 26.0 Å². The molecule has 23 heavy (non-hydrogen) atoms. The van der Waals surface area contributed by atoms with Gasteiger partial charge in [-0.25, -0.2) is 4.99 Å². The van der Waals surface area contributed by atoms with E-state index in [4.69, 9.17) is 4.42 Å². The Bertz CT molecular complexity index is 608. The van der Waals surface area contributed by atoms with E-state index in [1.54, 1.807) is 0 Å². The van der Waals surface area contributed by atoms with Crippen LogP contribution in [-0.2, 0) is 13.0 Å². The summed E-state index contributed by atoms with van der Waals surface area (Å²) in [5.41, 5.74) is 2.46. The van der Waals surface area contributed by atoms with Crippen LogP contribution in [0.5, 0.6) is 0 Å². The van der Waals surface area contributed by atoms with E-state index in [9.17, 15) is 0 Å². The Kier molecular flexibility index (Phi) is 8.76. The summed E-state index contributed by atoms with van der Waals surface area (Å²) in [6, 6.07) is 12.5. The summed E-state index contributed by atoms with van der Waals surface area (Å²) < 4.78 is 5.54. The largest absolute Gasteiger partial charge is 0.466 e. The van der Waals surface area contributed by atoms with Crippen molar-refractivity contribution in [2.45, 2.75) is 33.7 Å². The summed E-state index contributed by atoms with van der Waals surface area (Å²) in [4.78, 5) is 4.62. The fraction of sp³-hybridized carbons (Fsp3) is 0.389. The van der Waals surface area contributed by atoms with Crippen LogP contribution in [0.2, 0.25) is 0 Å². The van der Waals surface area contributed by atoms with Crippen LogP contribution in [0.15, 0.2) is 45.8 Å². The van der Waals surface area contributed by atoms with Gasteiger partial charge in [-0.1, -0.05) is 30.3 Å². The second-order valence-corrected chi connectivity index (χ2v) is 5.30. The second kappa shape index (κ2) is 10.3. The molecule has 0 saturated carbocycles. The number of halogens is 1. The maximum atomic E-state index is 5.54. The molecule has 0 fully saturated rings. The Hall–Kier alpha value is -1.50. The molecule has 2 aromatic rings. The second-order valence-electron chi connectivity index (χ2n) is 5.30. The van der Waals surface area contributed by atoms with Crippen LogP contribution in [0, 0.1) is 13.8 Å². The molecule has 0 saturated heterocycles. The number of benzene rings is 1. The van der Waals surface area contributed by atoms with Gasteiger partial charge in [0.1, 0.15) is 11.5 Å². The third-order valence-corrected chi connectivity index (χ3v) is 3.44. The first-order valence-corrected chi connectivity index (χ1v) is 7.81. The van der Waals surface area contributed by atoms with E-state index >= 15 is 0 Å². The normalized spacial score (nSPS) is 11.0. The molecule has 2 rings (SSSR count). The molecule has 0 aliphatic heterocycles. The van der Waals surface area contributed by atoms with Gasteiger partial charge >= 0.3 is 0 Å². The molecule has 0 atom stereocenters. The molecule has 0 aliphatic carbocycles. The Morgan fingerprint density at radius 2 is 1.87 bits per heavy atom. The molecule has 126 valence electrons. The van der Waals surface area contributed by atoms with Crippen molar-refractivity contribution in [3.8, 4) is 0 Å². The highest BCUT2D eigenvalue weighted by Crippen LogP contribution is 2.14. The molecular formula is C18H26IN3O. The monoisotopic (exact) mass is 427 g/mol. The van der Waals surface area contributed by atoms with Crippen LogP contribution in [-0.4, -0.2) is 19.0 Å². The molecular weight excluding hydrogens is 401 g/mol. The molecule has 0 spiro atoms. The van der Waals surface area contributed by atoms with E-state index in [1.165, 1.54) is 5.56 Å². The third-order valence-electron chi connectivity index (χ3n) is 3.44. The van der Waals surface area contributed by atoms with Gasteiger partial charge in [0.25, 0.3) is 0 Å². The summed E-state index contributed by atoms with van der Waals surface area (Å²) in [6.45, 7) is 8.35. The quantitative estimate of drug-likeness (QED) is 0.419. The maximum absolute atomic E-state index is 5.54. The van der Waals surface area contributed by atoms with Crippen LogP contribution >= 0.6 is 24.0 Å². The van der Waals surface area contributed by atoms with Crippen LogP contribution in [0.4, 0.5) is 0 Å². The summed E-state index contributed by atoms with van der Waals surface area (Å²) in [6.07, 6.45) is 0.981. The van der Waals surface area contributed by atoms with Crippen molar-refractivity contribution < 1.29 is 4.42 Å². The third kappa shape index (κ3) is 6.64. The number of guanidine groups is 1. The van der Waals surface area contributed by atoms with Gasteiger partial charge < -0.3 is 15.1 Å². The highest BCUT2D eigenvalue weighted by atomic mass is 127. The number of furan rings is 1.